The van der Waals surface area contributed by atoms with Crippen LogP contribution in [0.1, 0.15) is 25.3 Å². The summed E-state index contributed by atoms with van der Waals surface area (Å²) in [4.78, 5) is 48.0. The van der Waals surface area contributed by atoms with E-state index in [1.54, 1.807) is 0 Å². The number of ketones is 1. The minimum Gasteiger partial charge on any atom is -0.504 e. The molecule has 14 heteroatoms. The molecule has 0 aromatic heterocycles. The number of benzene rings is 1. The van der Waals surface area contributed by atoms with E-state index >= 15 is 0 Å². The monoisotopic (exact) mass is 561 g/mol. The van der Waals surface area contributed by atoms with Crippen molar-refractivity contribution in [2.75, 3.05) is 0 Å². The number of ether oxygens (including phenoxy) is 3. The summed E-state index contributed by atoms with van der Waals surface area (Å²) in [5.74, 6) is -6.23. The second-order valence-corrected chi connectivity index (χ2v) is 8.50. The van der Waals surface area contributed by atoms with Crippen molar-refractivity contribution in [3.63, 3.8) is 0 Å². The molecule has 0 amide bonds. The van der Waals surface area contributed by atoms with Crippen LogP contribution in [0, 0.1) is 0 Å². The third kappa shape index (κ3) is 9.41. The molecule has 3 atom stereocenters. The van der Waals surface area contributed by atoms with Crippen LogP contribution in [-0.2, 0) is 28.6 Å². The van der Waals surface area contributed by atoms with E-state index in [4.69, 9.17) is 19.4 Å². The van der Waals surface area contributed by atoms with Crippen LogP contribution >= 0.6 is 0 Å². The molecule has 14 nitrogen and oxygen atoms in total. The number of carbonyl (C=O) groups is 4. The minimum atomic E-state index is -2.55. The highest BCUT2D eigenvalue weighted by atomic mass is 16.7. The summed E-state index contributed by atoms with van der Waals surface area (Å²) in [5.41, 5.74) is 0.177. The molecule has 0 bridgehead atoms. The molecule has 1 aliphatic rings. The van der Waals surface area contributed by atoms with Gasteiger partial charge in [0, 0.05) is 25.0 Å². The Bertz CT molecular complexity index is 1280. The van der Waals surface area contributed by atoms with E-state index in [9.17, 15) is 44.7 Å². The Hall–Kier alpha value is -4.95. The van der Waals surface area contributed by atoms with Gasteiger partial charge in [-0.3, -0.25) is 4.79 Å². The molecule has 0 spiro atoms. The lowest BCUT2D eigenvalue weighted by atomic mass is 9.86. The zero-order chi connectivity index (χ0) is 30.0. The van der Waals surface area contributed by atoms with Gasteiger partial charge in [-0.15, -0.1) is 0 Å². The Morgan fingerprint density at radius 2 is 1.57 bits per heavy atom. The number of carbonyl (C=O) groups excluding carboxylic acids is 3. The van der Waals surface area contributed by atoms with Crippen molar-refractivity contribution in [1.29, 1.82) is 0 Å². The van der Waals surface area contributed by atoms with Crippen LogP contribution < -0.4 is 0 Å². The number of rotatable bonds is 10. The van der Waals surface area contributed by atoms with Gasteiger partial charge in [-0.05, 0) is 48.4 Å². The predicted octanol–water partition coefficient (Wildman–Crippen LogP) is 1.56. The van der Waals surface area contributed by atoms with Crippen LogP contribution in [0.4, 0.5) is 4.79 Å². The second kappa shape index (κ2) is 13.7. The molecule has 214 valence electrons. The standard InChI is InChI=1S/C26H27NO13/c1-3-15(10-18(29)14(2)27-37)5-8-22(31)38-20-12-26(35,36)13-21(24(20)40-25(33)34)39-23(32)9-6-16-4-7-17(28)19(30)11-16/h3-11,20-21,24,28,30,35-37H,1,12-13H2,2H3,(H,33,34)/b8-5+,9-6+,15-10+,27-14?. The fourth-order valence-electron chi connectivity index (χ4n) is 3.51. The molecule has 1 fully saturated rings. The summed E-state index contributed by atoms with van der Waals surface area (Å²) in [7, 11) is 0. The Balaban J connectivity index is 2.22. The van der Waals surface area contributed by atoms with Gasteiger partial charge in [0.25, 0.3) is 0 Å². The van der Waals surface area contributed by atoms with Crippen LogP contribution in [0.3, 0.4) is 0 Å². The number of aromatic hydroxyl groups is 2. The van der Waals surface area contributed by atoms with E-state index in [-0.39, 0.29) is 17.0 Å². The molecule has 3 unspecified atom stereocenters. The smallest absolute Gasteiger partial charge is 0.504 e. The van der Waals surface area contributed by atoms with Crippen LogP contribution in [0.2, 0.25) is 0 Å². The highest BCUT2D eigenvalue weighted by molar-refractivity contribution is 6.43. The molecule has 1 aromatic carbocycles. The number of carboxylic acid groups (broad SMARTS) is 1. The lowest BCUT2D eigenvalue weighted by molar-refractivity contribution is -0.252. The summed E-state index contributed by atoms with van der Waals surface area (Å²) in [5, 5.41) is 60.1. The molecular formula is C26H27NO13. The molecule has 1 aliphatic carbocycles. The van der Waals surface area contributed by atoms with E-state index in [1.807, 2.05) is 0 Å². The molecule has 0 aliphatic heterocycles. The summed E-state index contributed by atoms with van der Waals surface area (Å²) in [6.45, 7) is 4.73. The first-order valence-corrected chi connectivity index (χ1v) is 11.5. The first-order valence-electron chi connectivity index (χ1n) is 11.5. The van der Waals surface area contributed by atoms with E-state index in [2.05, 4.69) is 11.7 Å². The molecule has 6 N–H and O–H groups in total. The van der Waals surface area contributed by atoms with Crippen LogP contribution in [0.5, 0.6) is 11.5 Å². The van der Waals surface area contributed by atoms with Crippen molar-refractivity contribution in [2.45, 2.75) is 43.9 Å². The average molecular weight is 561 g/mol. The third-order valence-corrected chi connectivity index (χ3v) is 5.42. The van der Waals surface area contributed by atoms with Gasteiger partial charge in [0.05, 0.1) is 0 Å². The van der Waals surface area contributed by atoms with Crippen molar-refractivity contribution in [2.24, 2.45) is 5.16 Å². The van der Waals surface area contributed by atoms with Gasteiger partial charge < -0.3 is 45.0 Å². The lowest BCUT2D eigenvalue weighted by Gasteiger charge is -2.41. The predicted molar refractivity (Wildman–Crippen MR) is 135 cm³/mol. The van der Waals surface area contributed by atoms with E-state index in [1.165, 1.54) is 31.2 Å². The molecule has 0 heterocycles. The highest BCUT2D eigenvalue weighted by Gasteiger charge is 2.50. The molecule has 0 saturated heterocycles. The third-order valence-electron chi connectivity index (χ3n) is 5.42. The molecule has 1 aromatic rings. The van der Waals surface area contributed by atoms with Crippen molar-refractivity contribution < 1.29 is 64.1 Å². The van der Waals surface area contributed by atoms with Crippen molar-refractivity contribution in [3.8, 4) is 11.5 Å². The van der Waals surface area contributed by atoms with Gasteiger partial charge in [0.15, 0.2) is 23.4 Å². The summed E-state index contributed by atoms with van der Waals surface area (Å²) >= 11 is 0. The largest absolute Gasteiger partial charge is 0.506 e. The summed E-state index contributed by atoms with van der Waals surface area (Å²) < 4.78 is 15.1. The normalized spacial score (nSPS) is 21.1. The second-order valence-electron chi connectivity index (χ2n) is 8.50. The summed E-state index contributed by atoms with van der Waals surface area (Å²) in [6.07, 6.45) is -1.82. The lowest BCUT2D eigenvalue weighted by Crippen LogP contribution is -2.56. The number of hydrogen-bond donors (Lipinski definition) is 6. The highest BCUT2D eigenvalue weighted by Crippen LogP contribution is 2.33. The molecular weight excluding hydrogens is 534 g/mol. The maximum absolute atomic E-state index is 12.4. The van der Waals surface area contributed by atoms with Crippen LogP contribution in [0.25, 0.3) is 6.08 Å². The van der Waals surface area contributed by atoms with Gasteiger partial charge in [-0.2, -0.15) is 0 Å². The van der Waals surface area contributed by atoms with E-state index in [0.717, 1.165) is 30.4 Å². The van der Waals surface area contributed by atoms with Gasteiger partial charge in [0.1, 0.15) is 17.9 Å². The SMILES string of the molecule is C=CC(/C=C/C(=O)OC1CC(O)(O)CC(OC(=O)/C=C/c2ccc(O)c(O)c2)C1OC(=O)O)=C\C(=O)C(C)=NO. The van der Waals surface area contributed by atoms with Crippen molar-refractivity contribution in [3.05, 3.63) is 66.3 Å². The van der Waals surface area contributed by atoms with Crippen LogP contribution in [-0.4, -0.2) is 84.4 Å². The van der Waals surface area contributed by atoms with Crippen molar-refractivity contribution in [1.82, 2.24) is 0 Å². The maximum atomic E-state index is 12.4. The number of nitrogens with zero attached hydrogens (tertiary/aromatic N) is 1. The fraction of sp³-hybridized carbons (Fsp3) is 0.269. The molecule has 2 rings (SSSR count). The quantitative estimate of drug-likeness (QED) is 0.0274. The number of esters is 2. The first kappa shape index (κ1) is 31.3. The Kier molecular flexibility index (Phi) is 10.7. The Morgan fingerprint density at radius 1 is 0.975 bits per heavy atom. The first-order chi connectivity index (χ1) is 18.7. The van der Waals surface area contributed by atoms with Gasteiger partial charge in [-0.25, -0.2) is 14.4 Å². The molecule has 0 radical (unpaired) electrons. The number of aliphatic hydroxyl groups is 2. The molecule has 40 heavy (non-hydrogen) atoms. The zero-order valence-corrected chi connectivity index (χ0v) is 21.0. The van der Waals surface area contributed by atoms with Crippen molar-refractivity contribution >= 4 is 35.7 Å². The van der Waals surface area contributed by atoms with Gasteiger partial charge in [0.2, 0.25) is 5.78 Å². The average Bonchev–Trinajstić information content (AvgIpc) is 2.87. The minimum absolute atomic E-state index is 0.117. The van der Waals surface area contributed by atoms with E-state index < -0.39 is 66.6 Å². The number of phenolic OH excluding ortho intramolecular Hbond substituents is 2. The zero-order valence-electron chi connectivity index (χ0n) is 21.0. The number of phenols is 2. The van der Waals surface area contributed by atoms with E-state index in [0.29, 0.717) is 5.56 Å². The molecule has 1 saturated carbocycles. The summed E-state index contributed by atoms with van der Waals surface area (Å²) in [6, 6.07) is 3.69. The van der Waals surface area contributed by atoms with Crippen LogP contribution in [0.15, 0.2) is 65.9 Å². The van der Waals surface area contributed by atoms with Gasteiger partial charge in [-0.1, -0.05) is 23.9 Å². The maximum Gasteiger partial charge on any atom is 0.506 e. The Labute approximate surface area is 227 Å². The number of hydrogen-bond acceptors (Lipinski definition) is 13. The fourth-order valence-corrected chi connectivity index (χ4v) is 3.51. The number of allylic oxidation sites excluding steroid dienone is 4. The number of oxime groups is 1. The topological polar surface area (TPSA) is 230 Å². The Morgan fingerprint density at radius 3 is 2.10 bits per heavy atom. The van der Waals surface area contributed by atoms with Gasteiger partial charge >= 0.3 is 18.1 Å².